The second-order valence-electron chi connectivity index (χ2n) is 5.63. The predicted octanol–water partition coefficient (Wildman–Crippen LogP) is 3.10. The van der Waals surface area contributed by atoms with Crippen LogP contribution in [0.4, 0.5) is 11.4 Å². The lowest BCUT2D eigenvalue weighted by molar-refractivity contribution is 0.102. The Morgan fingerprint density at radius 3 is 2.36 bits per heavy atom. The Morgan fingerprint density at radius 1 is 1.16 bits per heavy atom. The standard InChI is InChI=1S/C17H23N3O3S2/c1-5-20(6-2)25(22,23)14-7-8-16(19(3)4)15(11-14)18-17(21)13-9-10-24-12-13/h7-12H,5-6H2,1-4H3,(H,18,21). The van der Waals surface area contributed by atoms with E-state index >= 15 is 0 Å². The first kappa shape index (κ1) is 19.4. The van der Waals surface area contributed by atoms with Crippen LogP contribution >= 0.6 is 11.3 Å². The number of rotatable bonds is 7. The van der Waals surface area contributed by atoms with Crippen LogP contribution in [0.2, 0.25) is 0 Å². The van der Waals surface area contributed by atoms with Gasteiger partial charge in [-0.2, -0.15) is 15.6 Å². The number of carbonyl (C=O) groups excluding carboxylic acids is 1. The number of benzene rings is 1. The third kappa shape index (κ3) is 4.20. The van der Waals surface area contributed by atoms with Gasteiger partial charge in [0.1, 0.15) is 0 Å². The van der Waals surface area contributed by atoms with E-state index in [2.05, 4.69) is 5.32 Å². The van der Waals surface area contributed by atoms with Crippen molar-refractivity contribution in [2.75, 3.05) is 37.4 Å². The topological polar surface area (TPSA) is 69.7 Å². The van der Waals surface area contributed by atoms with Crippen molar-refractivity contribution in [1.82, 2.24) is 4.31 Å². The van der Waals surface area contributed by atoms with Crippen LogP contribution in [0.25, 0.3) is 0 Å². The number of anilines is 2. The highest BCUT2D eigenvalue weighted by molar-refractivity contribution is 7.89. The SMILES string of the molecule is CCN(CC)S(=O)(=O)c1ccc(N(C)C)c(NC(=O)c2ccsc2)c1. The van der Waals surface area contributed by atoms with Gasteiger partial charge in [0, 0.05) is 32.6 Å². The number of nitrogens with zero attached hydrogens (tertiary/aromatic N) is 2. The minimum Gasteiger partial charge on any atom is -0.376 e. The van der Waals surface area contributed by atoms with Gasteiger partial charge in [0.15, 0.2) is 0 Å². The van der Waals surface area contributed by atoms with Crippen molar-refractivity contribution in [3.63, 3.8) is 0 Å². The van der Waals surface area contributed by atoms with Crippen LogP contribution in [0.5, 0.6) is 0 Å². The third-order valence-corrected chi connectivity index (χ3v) is 6.55. The summed E-state index contributed by atoms with van der Waals surface area (Å²) in [5.74, 6) is -0.262. The van der Waals surface area contributed by atoms with Gasteiger partial charge in [-0.25, -0.2) is 8.42 Å². The largest absolute Gasteiger partial charge is 0.376 e. The summed E-state index contributed by atoms with van der Waals surface area (Å²) in [5, 5.41) is 6.40. The van der Waals surface area contributed by atoms with E-state index in [1.807, 2.05) is 24.4 Å². The Kier molecular flexibility index (Phi) is 6.21. The molecule has 6 nitrogen and oxygen atoms in total. The van der Waals surface area contributed by atoms with Crippen molar-refractivity contribution in [1.29, 1.82) is 0 Å². The molecule has 0 aliphatic carbocycles. The summed E-state index contributed by atoms with van der Waals surface area (Å²) in [4.78, 5) is 14.4. The molecule has 1 aromatic carbocycles. The summed E-state index contributed by atoms with van der Waals surface area (Å²) < 4.78 is 26.9. The Hall–Kier alpha value is -1.90. The van der Waals surface area contributed by atoms with E-state index in [1.165, 1.54) is 21.7 Å². The van der Waals surface area contributed by atoms with Crippen molar-refractivity contribution in [3.8, 4) is 0 Å². The Labute approximate surface area is 153 Å². The van der Waals surface area contributed by atoms with Crippen LogP contribution in [0, 0.1) is 0 Å². The summed E-state index contributed by atoms with van der Waals surface area (Å²) in [6.45, 7) is 4.39. The van der Waals surface area contributed by atoms with Crippen molar-refractivity contribution in [2.24, 2.45) is 0 Å². The van der Waals surface area contributed by atoms with E-state index in [-0.39, 0.29) is 10.8 Å². The van der Waals surface area contributed by atoms with E-state index in [0.717, 1.165) is 5.69 Å². The zero-order valence-corrected chi connectivity index (χ0v) is 16.4. The molecule has 8 heteroatoms. The minimum atomic E-state index is -3.59. The summed E-state index contributed by atoms with van der Waals surface area (Å²) in [6, 6.07) is 6.53. The van der Waals surface area contributed by atoms with Crippen LogP contribution in [-0.2, 0) is 10.0 Å². The lowest BCUT2D eigenvalue weighted by Gasteiger charge is -2.22. The molecule has 0 unspecified atom stereocenters. The third-order valence-electron chi connectivity index (χ3n) is 3.82. The first-order chi connectivity index (χ1) is 11.8. The van der Waals surface area contributed by atoms with Gasteiger partial charge in [-0.1, -0.05) is 13.8 Å². The maximum atomic E-state index is 12.7. The zero-order valence-electron chi connectivity index (χ0n) is 14.8. The number of hydrogen-bond acceptors (Lipinski definition) is 5. The number of amides is 1. The van der Waals surface area contributed by atoms with E-state index in [1.54, 1.807) is 37.4 Å². The quantitative estimate of drug-likeness (QED) is 0.800. The van der Waals surface area contributed by atoms with Gasteiger partial charge < -0.3 is 10.2 Å². The maximum absolute atomic E-state index is 12.7. The smallest absolute Gasteiger partial charge is 0.256 e. The van der Waals surface area contributed by atoms with Gasteiger partial charge in [-0.15, -0.1) is 0 Å². The fourth-order valence-corrected chi connectivity index (χ4v) is 4.59. The van der Waals surface area contributed by atoms with Gasteiger partial charge in [-0.3, -0.25) is 4.79 Å². The van der Waals surface area contributed by atoms with E-state index in [9.17, 15) is 13.2 Å². The normalized spacial score (nSPS) is 11.6. The monoisotopic (exact) mass is 381 g/mol. The number of sulfonamides is 1. The molecule has 0 aliphatic rings. The molecule has 1 amide bonds. The molecule has 1 aromatic heterocycles. The second kappa shape index (κ2) is 7.99. The van der Waals surface area contributed by atoms with E-state index < -0.39 is 10.0 Å². The summed E-state index contributed by atoms with van der Waals surface area (Å²) in [6.07, 6.45) is 0. The average Bonchev–Trinajstić information content (AvgIpc) is 3.10. The maximum Gasteiger partial charge on any atom is 0.256 e. The number of thiophene rings is 1. The molecule has 1 heterocycles. The molecule has 136 valence electrons. The first-order valence-electron chi connectivity index (χ1n) is 7.96. The van der Waals surface area contributed by atoms with Gasteiger partial charge in [0.05, 0.1) is 21.8 Å². The van der Waals surface area contributed by atoms with Gasteiger partial charge in [-0.05, 0) is 29.6 Å². The summed E-state index contributed by atoms with van der Waals surface area (Å²) in [5.41, 5.74) is 1.75. The lowest BCUT2D eigenvalue weighted by Crippen LogP contribution is -2.30. The van der Waals surface area contributed by atoms with Crippen molar-refractivity contribution in [3.05, 3.63) is 40.6 Å². The van der Waals surface area contributed by atoms with Crippen LogP contribution in [0.3, 0.4) is 0 Å². The highest BCUT2D eigenvalue weighted by atomic mass is 32.2. The van der Waals surface area contributed by atoms with Crippen molar-refractivity contribution >= 4 is 38.6 Å². The fraction of sp³-hybridized carbons (Fsp3) is 0.353. The number of carbonyl (C=O) groups is 1. The molecule has 0 saturated carbocycles. The van der Waals surface area contributed by atoms with Crippen LogP contribution < -0.4 is 10.2 Å². The Morgan fingerprint density at radius 2 is 1.84 bits per heavy atom. The lowest BCUT2D eigenvalue weighted by atomic mass is 10.2. The van der Waals surface area contributed by atoms with Crippen LogP contribution in [0.15, 0.2) is 39.9 Å². The molecule has 25 heavy (non-hydrogen) atoms. The van der Waals surface area contributed by atoms with E-state index in [0.29, 0.717) is 24.3 Å². The average molecular weight is 382 g/mol. The fourth-order valence-electron chi connectivity index (χ4n) is 2.47. The molecule has 0 radical (unpaired) electrons. The minimum absolute atomic E-state index is 0.169. The van der Waals surface area contributed by atoms with Gasteiger partial charge in [0.2, 0.25) is 10.0 Å². The van der Waals surface area contributed by atoms with Crippen molar-refractivity contribution in [2.45, 2.75) is 18.7 Å². The first-order valence-corrected chi connectivity index (χ1v) is 10.3. The highest BCUT2D eigenvalue weighted by Gasteiger charge is 2.23. The summed E-state index contributed by atoms with van der Waals surface area (Å²) >= 11 is 1.43. The molecule has 0 saturated heterocycles. The molecule has 0 bridgehead atoms. The van der Waals surface area contributed by atoms with Crippen molar-refractivity contribution < 1.29 is 13.2 Å². The number of hydrogen-bond donors (Lipinski definition) is 1. The Bertz CT molecular complexity index is 827. The molecule has 0 atom stereocenters. The molecule has 0 fully saturated rings. The van der Waals surface area contributed by atoms with Crippen LogP contribution in [-0.4, -0.2) is 45.8 Å². The van der Waals surface area contributed by atoms with E-state index in [4.69, 9.17) is 0 Å². The molecule has 2 rings (SSSR count). The van der Waals surface area contributed by atoms with Crippen LogP contribution in [0.1, 0.15) is 24.2 Å². The molecule has 2 aromatic rings. The number of nitrogens with one attached hydrogen (secondary N) is 1. The molecular weight excluding hydrogens is 358 g/mol. The molecule has 0 spiro atoms. The molecule has 1 N–H and O–H groups in total. The predicted molar refractivity (Wildman–Crippen MR) is 103 cm³/mol. The molecule has 0 aliphatic heterocycles. The molecular formula is C17H23N3O3S2. The van der Waals surface area contributed by atoms with Gasteiger partial charge in [0.25, 0.3) is 5.91 Å². The summed E-state index contributed by atoms with van der Waals surface area (Å²) in [7, 11) is 0.0926. The zero-order chi connectivity index (χ0) is 18.6. The second-order valence-corrected chi connectivity index (χ2v) is 8.35. The highest BCUT2D eigenvalue weighted by Crippen LogP contribution is 2.29. The Balaban J connectivity index is 2.45. The van der Waals surface area contributed by atoms with Gasteiger partial charge >= 0.3 is 0 Å².